The van der Waals surface area contributed by atoms with Crippen molar-refractivity contribution in [1.82, 2.24) is 0 Å². The topological polar surface area (TPSA) is 28.3 Å². The van der Waals surface area contributed by atoms with E-state index in [1.807, 2.05) is 0 Å². The van der Waals surface area contributed by atoms with Crippen molar-refractivity contribution in [3.63, 3.8) is 0 Å². The number of aromatic nitrogens is 2. The Labute approximate surface area is 265 Å². The van der Waals surface area contributed by atoms with Crippen LogP contribution in [0, 0.1) is 0 Å². The first-order valence-electron chi connectivity index (χ1n) is 16.4. The Morgan fingerprint density at radius 2 is 0.727 bits per heavy atom. The van der Waals surface area contributed by atoms with Gasteiger partial charge in [-0.1, -0.05) is 121 Å². The summed E-state index contributed by atoms with van der Waals surface area (Å²) >= 11 is 0. The van der Waals surface area contributed by atoms with E-state index < -0.39 is 16.1 Å². The number of hydrogen-bond acceptors (Lipinski definition) is 0. The van der Waals surface area contributed by atoms with Crippen molar-refractivity contribution < 1.29 is 9.97 Å². The summed E-state index contributed by atoms with van der Waals surface area (Å²) in [6.45, 7) is 10.3. The molecule has 222 valence electrons. The van der Waals surface area contributed by atoms with Gasteiger partial charge in [0.1, 0.15) is 0 Å². The summed E-state index contributed by atoms with van der Waals surface area (Å²) in [5, 5.41) is 0. The lowest BCUT2D eigenvalue weighted by molar-refractivity contribution is -0.378. The second-order valence-corrected chi connectivity index (χ2v) is 25.2. The van der Waals surface area contributed by atoms with E-state index in [1.165, 1.54) is 68.7 Å². The van der Waals surface area contributed by atoms with Crippen LogP contribution in [-0.2, 0) is 24.2 Å². The van der Waals surface area contributed by atoms with Gasteiger partial charge in [-0.25, -0.2) is 9.97 Å². The predicted molar refractivity (Wildman–Crippen MR) is 186 cm³/mol. The Morgan fingerprint density at radius 3 is 1.09 bits per heavy atom. The Balaban J connectivity index is 1.34. The van der Waals surface area contributed by atoms with Crippen LogP contribution in [-0.4, -0.2) is 16.1 Å². The standard InChI is InChI=1S/C40H44N2Si2/c1-43(2)25-29-8-12-33(13-9-29)37-38(40(36-18-22-42-23-19-36)39(37)35-16-20-41-21-17-35)34-14-10-30(11-15-34)26-44(3,4)28-32-7-5-6-31(24-32)27-43/h5-24,37-40H,25-28H2,1-4H3/p+2/t37-,38+,39+,40-. The van der Waals surface area contributed by atoms with E-state index in [1.54, 1.807) is 0 Å². The Hall–Kier alpha value is -3.61. The molecule has 3 aromatic carbocycles. The molecule has 5 aromatic rings. The molecule has 2 N–H and O–H groups in total. The lowest BCUT2D eigenvalue weighted by Gasteiger charge is -2.53. The first kappa shape index (κ1) is 29.1. The molecule has 4 atom stereocenters. The number of aromatic amines is 2. The molecule has 6 bridgehead atoms. The highest BCUT2D eigenvalue weighted by molar-refractivity contribution is 6.76. The minimum absolute atomic E-state index is 0.417. The summed E-state index contributed by atoms with van der Waals surface area (Å²) in [4.78, 5) is 6.53. The van der Waals surface area contributed by atoms with Crippen LogP contribution in [0.25, 0.3) is 0 Å². The monoisotopic (exact) mass is 610 g/mol. The molecular formula is C40H46N2Si2+2. The zero-order valence-corrected chi connectivity index (χ0v) is 28.7. The highest BCUT2D eigenvalue weighted by Gasteiger charge is 2.53. The molecule has 5 heterocycles. The van der Waals surface area contributed by atoms with Gasteiger partial charge in [0.15, 0.2) is 24.8 Å². The molecule has 4 aliphatic rings. The molecule has 2 aromatic heterocycles. The van der Waals surface area contributed by atoms with Gasteiger partial charge in [0.05, 0.1) is 16.1 Å². The first-order chi connectivity index (χ1) is 21.2. The maximum atomic E-state index is 3.27. The molecule has 4 heteroatoms. The van der Waals surface area contributed by atoms with Crippen LogP contribution >= 0.6 is 0 Å². The van der Waals surface area contributed by atoms with Crippen LogP contribution in [0.1, 0.15) is 68.2 Å². The Morgan fingerprint density at radius 1 is 0.409 bits per heavy atom. The summed E-state index contributed by atoms with van der Waals surface area (Å²) in [5.41, 5.74) is 11.8. The van der Waals surface area contributed by atoms with Gasteiger partial charge in [-0.2, -0.15) is 0 Å². The molecule has 1 aliphatic carbocycles. The highest BCUT2D eigenvalue weighted by Crippen LogP contribution is 2.66. The van der Waals surface area contributed by atoms with Crippen molar-refractivity contribution >= 4 is 16.1 Å². The molecule has 0 spiro atoms. The zero-order chi connectivity index (χ0) is 30.3. The van der Waals surface area contributed by atoms with Crippen LogP contribution in [0.2, 0.25) is 26.2 Å². The first-order valence-corrected chi connectivity index (χ1v) is 23.3. The minimum atomic E-state index is -1.49. The van der Waals surface area contributed by atoms with E-state index in [-0.39, 0.29) is 0 Å². The average Bonchev–Trinajstić information content (AvgIpc) is 2.98. The van der Waals surface area contributed by atoms with Gasteiger partial charge in [0.25, 0.3) is 0 Å². The Bertz CT molecular complexity index is 1590. The van der Waals surface area contributed by atoms with Gasteiger partial charge in [0, 0.05) is 24.3 Å². The van der Waals surface area contributed by atoms with Crippen LogP contribution in [0.4, 0.5) is 0 Å². The summed E-state index contributed by atoms with van der Waals surface area (Å²) in [6, 6.07) is 43.3. The van der Waals surface area contributed by atoms with E-state index in [2.05, 4.69) is 158 Å². The third-order valence-electron chi connectivity index (χ3n) is 10.3. The quantitative estimate of drug-likeness (QED) is 0.180. The number of benzene rings is 3. The summed E-state index contributed by atoms with van der Waals surface area (Å²) in [7, 11) is -2.98. The van der Waals surface area contributed by atoms with Crippen molar-refractivity contribution in [3.05, 3.63) is 166 Å². The number of hydrogen-bond donors (Lipinski definition) is 0. The van der Waals surface area contributed by atoms with E-state index in [0.717, 1.165) is 0 Å². The van der Waals surface area contributed by atoms with Gasteiger partial charge in [-0.05, 0) is 70.1 Å². The van der Waals surface area contributed by atoms with Crippen molar-refractivity contribution in [3.8, 4) is 0 Å². The molecular weight excluding hydrogens is 565 g/mol. The van der Waals surface area contributed by atoms with E-state index in [0.29, 0.717) is 23.7 Å². The zero-order valence-electron chi connectivity index (χ0n) is 26.7. The molecule has 1 fully saturated rings. The lowest BCUT2D eigenvalue weighted by Crippen LogP contribution is -2.40. The smallest absolute Gasteiger partial charge is 0.167 e. The second-order valence-electron chi connectivity index (χ2n) is 15.1. The van der Waals surface area contributed by atoms with Crippen molar-refractivity contribution in [1.29, 1.82) is 0 Å². The predicted octanol–water partition coefficient (Wildman–Crippen LogP) is 8.22. The van der Waals surface area contributed by atoms with Crippen LogP contribution in [0.5, 0.6) is 0 Å². The van der Waals surface area contributed by atoms with Crippen LogP contribution < -0.4 is 9.97 Å². The maximum Gasteiger partial charge on any atom is 0.167 e. The third kappa shape index (κ3) is 6.03. The molecule has 0 amide bonds. The van der Waals surface area contributed by atoms with Crippen LogP contribution in [0.3, 0.4) is 0 Å². The molecule has 9 rings (SSSR count). The molecule has 0 unspecified atom stereocenters. The van der Waals surface area contributed by atoms with E-state index in [9.17, 15) is 0 Å². The summed E-state index contributed by atoms with van der Waals surface area (Å²) < 4.78 is 0. The second kappa shape index (κ2) is 11.7. The largest absolute Gasteiger partial charge is 0.218 e. The third-order valence-corrected chi connectivity index (χ3v) is 15.7. The molecule has 3 aliphatic heterocycles. The van der Waals surface area contributed by atoms with Crippen molar-refractivity contribution in [2.75, 3.05) is 0 Å². The van der Waals surface area contributed by atoms with Gasteiger partial charge in [-0.3, -0.25) is 0 Å². The normalized spacial score (nSPS) is 23.9. The summed E-state index contributed by atoms with van der Waals surface area (Å²) in [6.07, 6.45) is 8.36. The molecule has 0 radical (unpaired) electrons. The van der Waals surface area contributed by atoms with Gasteiger partial charge in [-0.15, -0.1) is 0 Å². The molecule has 2 nitrogen and oxygen atoms in total. The van der Waals surface area contributed by atoms with Gasteiger partial charge in [0.2, 0.25) is 0 Å². The highest BCUT2D eigenvalue weighted by atomic mass is 28.3. The maximum absolute atomic E-state index is 3.27. The molecule has 1 saturated carbocycles. The fraction of sp³-hybridized carbons (Fsp3) is 0.300. The van der Waals surface area contributed by atoms with E-state index in [4.69, 9.17) is 0 Å². The van der Waals surface area contributed by atoms with Gasteiger partial charge >= 0.3 is 0 Å². The van der Waals surface area contributed by atoms with Gasteiger partial charge < -0.3 is 0 Å². The fourth-order valence-electron chi connectivity index (χ4n) is 8.55. The van der Waals surface area contributed by atoms with Crippen LogP contribution in [0.15, 0.2) is 122 Å². The van der Waals surface area contributed by atoms with Crippen molar-refractivity contribution in [2.45, 2.75) is 74.0 Å². The molecule has 44 heavy (non-hydrogen) atoms. The minimum Gasteiger partial charge on any atom is -0.218 e. The number of H-pyrrole nitrogens is 2. The number of rotatable bonds is 2. The SMILES string of the molecule is C[Si]1(C)Cc2ccc(cc2)[C@@H]2[C@@H](c3cc[nH+]cc3)[C@@H](c3cc[nH+]cc3)[C@@H]2c2ccc(cc2)C[Si](C)(C)Cc2cccc(c2)C1. The number of pyridine rings is 2. The number of fused-ring (bicyclic) bond motifs is 2. The average molecular weight is 611 g/mol. The molecule has 0 saturated heterocycles. The number of nitrogens with one attached hydrogen (secondary N) is 2. The Kier molecular flexibility index (Phi) is 7.76. The fourth-order valence-corrected chi connectivity index (χ4v) is 14.1. The van der Waals surface area contributed by atoms with Crippen molar-refractivity contribution in [2.24, 2.45) is 0 Å². The van der Waals surface area contributed by atoms with E-state index >= 15 is 0 Å². The lowest BCUT2D eigenvalue weighted by atomic mass is 9.49. The summed E-state index contributed by atoms with van der Waals surface area (Å²) in [5.74, 6) is 1.68.